The molecule has 0 bridgehead atoms. The molecule has 0 aromatic heterocycles. The summed E-state index contributed by atoms with van der Waals surface area (Å²) in [7, 11) is 1.77. The lowest BCUT2D eigenvalue weighted by molar-refractivity contribution is -0.131. The molecule has 0 radical (unpaired) electrons. The smallest absolute Gasteiger partial charge is 0.224 e. The third kappa shape index (κ3) is 4.46. The van der Waals surface area contributed by atoms with Crippen molar-refractivity contribution < 1.29 is 4.79 Å². The highest BCUT2D eigenvalue weighted by molar-refractivity contribution is 7.80. The molecule has 1 fully saturated rings. The standard InChI is InChI=1S/C10H19N3OS/c1-11-10(15)12-6-5-9(14)13-7-3-2-4-8-13/h2-8H2,1H3,(H2,11,12,15). The van der Waals surface area contributed by atoms with Gasteiger partial charge in [0.25, 0.3) is 0 Å². The molecule has 15 heavy (non-hydrogen) atoms. The summed E-state index contributed by atoms with van der Waals surface area (Å²) in [6.07, 6.45) is 4.08. The van der Waals surface area contributed by atoms with Gasteiger partial charge in [0.05, 0.1) is 0 Å². The molecule has 1 aliphatic rings. The molecule has 0 aromatic rings. The Labute approximate surface area is 96.4 Å². The van der Waals surface area contributed by atoms with Crippen LogP contribution in [0.4, 0.5) is 0 Å². The van der Waals surface area contributed by atoms with Crippen LogP contribution in [-0.2, 0) is 4.79 Å². The first kappa shape index (κ1) is 12.2. The van der Waals surface area contributed by atoms with Gasteiger partial charge < -0.3 is 15.5 Å². The van der Waals surface area contributed by atoms with E-state index in [0.717, 1.165) is 25.9 Å². The number of likely N-dealkylation sites (tertiary alicyclic amines) is 1. The number of nitrogens with one attached hydrogen (secondary N) is 2. The van der Waals surface area contributed by atoms with Gasteiger partial charge in [-0.2, -0.15) is 0 Å². The topological polar surface area (TPSA) is 44.4 Å². The summed E-state index contributed by atoms with van der Waals surface area (Å²) in [4.78, 5) is 13.6. The first-order valence-corrected chi connectivity index (χ1v) is 5.88. The van der Waals surface area contributed by atoms with Gasteiger partial charge in [-0.3, -0.25) is 4.79 Å². The molecular formula is C10H19N3OS. The minimum Gasteiger partial charge on any atom is -0.366 e. The predicted molar refractivity (Wildman–Crippen MR) is 64.7 cm³/mol. The van der Waals surface area contributed by atoms with Gasteiger partial charge in [-0.1, -0.05) is 0 Å². The lowest BCUT2D eigenvalue weighted by atomic mass is 10.1. The van der Waals surface area contributed by atoms with E-state index in [-0.39, 0.29) is 5.91 Å². The summed E-state index contributed by atoms with van der Waals surface area (Å²) < 4.78 is 0. The normalized spacial score (nSPS) is 15.9. The molecule has 0 spiro atoms. The van der Waals surface area contributed by atoms with E-state index < -0.39 is 0 Å². The zero-order chi connectivity index (χ0) is 11.1. The molecule has 1 saturated heterocycles. The van der Waals surface area contributed by atoms with Gasteiger partial charge in [0.2, 0.25) is 5.91 Å². The highest BCUT2D eigenvalue weighted by Gasteiger charge is 2.15. The van der Waals surface area contributed by atoms with Crippen molar-refractivity contribution in [3.8, 4) is 0 Å². The molecule has 86 valence electrons. The number of rotatable bonds is 3. The minimum absolute atomic E-state index is 0.237. The van der Waals surface area contributed by atoms with E-state index in [0.29, 0.717) is 18.1 Å². The lowest BCUT2D eigenvalue weighted by Gasteiger charge is -2.26. The minimum atomic E-state index is 0.237. The Morgan fingerprint density at radius 3 is 2.60 bits per heavy atom. The largest absolute Gasteiger partial charge is 0.366 e. The van der Waals surface area contributed by atoms with Crippen molar-refractivity contribution in [2.75, 3.05) is 26.7 Å². The van der Waals surface area contributed by atoms with Crippen molar-refractivity contribution in [3.05, 3.63) is 0 Å². The van der Waals surface area contributed by atoms with Crippen molar-refractivity contribution in [1.82, 2.24) is 15.5 Å². The Kier molecular flexibility index (Phi) is 5.39. The van der Waals surface area contributed by atoms with E-state index >= 15 is 0 Å². The Balaban J connectivity index is 2.14. The Morgan fingerprint density at radius 2 is 2.00 bits per heavy atom. The van der Waals surface area contributed by atoms with Crippen LogP contribution >= 0.6 is 12.2 Å². The maximum absolute atomic E-state index is 11.7. The maximum atomic E-state index is 11.7. The molecule has 0 aliphatic carbocycles. The number of carbonyl (C=O) groups excluding carboxylic acids is 1. The first-order valence-electron chi connectivity index (χ1n) is 5.47. The molecule has 5 heteroatoms. The Bertz CT molecular complexity index is 227. The zero-order valence-corrected chi connectivity index (χ0v) is 10.0. The van der Waals surface area contributed by atoms with Crippen molar-refractivity contribution in [3.63, 3.8) is 0 Å². The van der Waals surface area contributed by atoms with Gasteiger partial charge in [-0.05, 0) is 31.5 Å². The average molecular weight is 229 g/mol. The van der Waals surface area contributed by atoms with E-state index in [1.165, 1.54) is 6.42 Å². The quantitative estimate of drug-likeness (QED) is 0.691. The summed E-state index contributed by atoms with van der Waals surface area (Å²) >= 11 is 4.92. The van der Waals surface area contributed by atoms with Crippen LogP contribution in [0.2, 0.25) is 0 Å². The van der Waals surface area contributed by atoms with Gasteiger partial charge in [0.1, 0.15) is 0 Å². The number of carbonyl (C=O) groups is 1. The van der Waals surface area contributed by atoms with Crippen molar-refractivity contribution >= 4 is 23.2 Å². The molecule has 1 aliphatic heterocycles. The summed E-state index contributed by atoms with van der Waals surface area (Å²) in [6, 6.07) is 0. The van der Waals surface area contributed by atoms with Crippen LogP contribution in [-0.4, -0.2) is 42.6 Å². The maximum Gasteiger partial charge on any atom is 0.224 e. The van der Waals surface area contributed by atoms with E-state index in [9.17, 15) is 4.79 Å². The number of amides is 1. The fraction of sp³-hybridized carbons (Fsp3) is 0.800. The van der Waals surface area contributed by atoms with E-state index in [4.69, 9.17) is 12.2 Å². The molecule has 4 nitrogen and oxygen atoms in total. The second-order valence-electron chi connectivity index (χ2n) is 3.70. The van der Waals surface area contributed by atoms with E-state index in [1.807, 2.05) is 4.90 Å². The lowest BCUT2D eigenvalue weighted by Crippen LogP contribution is -2.39. The Morgan fingerprint density at radius 1 is 1.33 bits per heavy atom. The van der Waals surface area contributed by atoms with Crippen LogP contribution in [0.3, 0.4) is 0 Å². The average Bonchev–Trinajstić information content (AvgIpc) is 2.29. The molecule has 0 aromatic carbocycles. The summed E-state index contributed by atoms with van der Waals surface area (Å²) in [6.45, 7) is 2.47. The summed E-state index contributed by atoms with van der Waals surface area (Å²) in [5.41, 5.74) is 0. The third-order valence-corrected chi connectivity index (χ3v) is 2.91. The fourth-order valence-electron chi connectivity index (χ4n) is 1.67. The third-order valence-electron chi connectivity index (χ3n) is 2.56. The number of hydrogen-bond donors (Lipinski definition) is 2. The van der Waals surface area contributed by atoms with Gasteiger partial charge in [-0.15, -0.1) is 0 Å². The second kappa shape index (κ2) is 6.61. The van der Waals surface area contributed by atoms with Crippen LogP contribution in [0.1, 0.15) is 25.7 Å². The van der Waals surface area contributed by atoms with Crippen LogP contribution in [0.25, 0.3) is 0 Å². The second-order valence-corrected chi connectivity index (χ2v) is 4.11. The number of thiocarbonyl (C=S) groups is 1. The first-order chi connectivity index (χ1) is 7.24. The highest BCUT2D eigenvalue weighted by Crippen LogP contribution is 2.09. The Hall–Kier alpha value is -0.840. The molecule has 1 heterocycles. The molecule has 1 amide bonds. The van der Waals surface area contributed by atoms with E-state index in [1.54, 1.807) is 7.05 Å². The van der Waals surface area contributed by atoms with Crippen LogP contribution in [0.15, 0.2) is 0 Å². The summed E-state index contributed by atoms with van der Waals surface area (Å²) in [5.74, 6) is 0.237. The van der Waals surface area contributed by atoms with Gasteiger partial charge in [-0.25, -0.2) is 0 Å². The van der Waals surface area contributed by atoms with Crippen LogP contribution in [0.5, 0.6) is 0 Å². The zero-order valence-electron chi connectivity index (χ0n) is 9.21. The van der Waals surface area contributed by atoms with Gasteiger partial charge in [0.15, 0.2) is 5.11 Å². The van der Waals surface area contributed by atoms with Crippen molar-refractivity contribution in [1.29, 1.82) is 0 Å². The van der Waals surface area contributed by atoms with Crippen LogP contribution < -0.4 is 10.6 Å². The molecule has 0 atom stereocenters. The molecule has 1 rings (SSSR count). The predicted octanol–water partition coefficient (Wildman–Crippen LogP) is 0.483. The molecule has 0 saturated carbocycles. The summed E-state index contributed by atoms with van der Waals surface area (Å²) in [5, 5.41) is 6.39. The number of nitrogens with zero attached hydrogens (tertiary/aromatic N) is 1. The molecule has 2 N–H and O–H groups in total. The highest BCUT2D eigenvalue weighted by atomic mass is 32.1. The molecular weight excluding hydrogens is 210 g/mol. The molecule has 0 unspecified atom stereocenters. The SMILES string of the molecule is CNC(=S)NCCC(=O)N1CCCCC1. The van der Waals surface area contributed by atoms with Crippen LogP contribution in [0, 0.1) is 0 Å². The number of hydrogen-bond acceptors (Lipinski definition) is 2. The van der Waals surface area contributed by atoms with Gasteiger partial charge >= 0.3 is 0 Å². The fourth-order valence-corrected chi connectivity index (χ4v) is 1.77. The van der Waals surface area contributed by atoms with Crippen molar-refractivity contribution in [2.24, 2.45) is 0 Å². The van der Waals surface area contributed by atoms with Crippen molar-refractivity contribution in [2.45, 2.75) is 25.7 Å². The number of piperidine rings is 1. The monoisotopic (exact) mass is 229 g/mol. The van der Waals surface area contributed by atoms with E-state index in [2.05, 4.69) is 10.6 Å². The van der Waals surface area contributed by atoms with Gasteiger partial charge in [0, 0.05) is 33.1 Å².